The van der Waals surface area contributed by atoms with Gasteiger partial charge in [0.2, 0.25) is 0 Å². The van der Waals surface area contributed by atoms with Crippen LogP contribution < -0.4 is 0 Å². The Morgan fingerprint density at radius 2 is 2.35 bits per heavy atom. The molecule has 1 aliphatic rings. The molecule has 0 unspecified atom stereocenters. The zero-order valence-corrected chi connectivity index (χ0v) is 13.1. The number of carbonyl (C=O) groups is 1. The molecule has 2 aromatic heterocycles. The van der Waals surface area contributed by atoms with Crippen LogP contribution in [0, 0.1) is 0 Å². The topological polar surface area (TPSA) is 66.3 Å². The molecule has 0 spiro atoms. The third kappa shape index (κ3) is 2.15. The number of aliphatic hydroxyl groups is 1. The number of thiazole rings is 1. The Bertz CT molecular complexity index is 675. The van der Waals surface area contributed by atoms with Gasteiger partial charge in [-0.1, -0.05) is 0 Å². The molecule has 7 heteroatoms. The molecule has 3 rings (SSSR count). The number of aromatic nitrogens is 2. The van der Waals surface area contributed by atoms with Crippen molar-refractivity contribution in [2.24, 2.45) is 0 Å². The molecule has 0 saturated carbocycles. The van der Waals surface area contributed by atoms with Gasteiger partial charge in [0.05, 0.1) is 5.69 Å². The number of hydrogen-bond acceptors (Lipinski definition) is 5. The molecule has 1 N–H and O–H groups in total. The molecule has 0 aromatic carbocycles. The van der Waals surface area contributed by atoms with E-state index in [1.54, 1.807) is 30.3 Å². The number of likely N-dealkylation sites (N-methyl/N-ethyl adjacent to an activating group) is 1. The fourth-order valence-corrected chi connectivity index (χ4v) is 3.52. The Kier molecular flexibility index (Phi) is 3.35. The third-order valence-corrected chi connectivity index (χ3v) is 5.02. The van der Waals surface area contributed by atoms with Crippen LogP contribution in [0.1, 0.15) is 12.0 Å². The van der Waals surface area contributed by atoms with Crippen molar-refractivity contribution in [1.82, 2.24) is 14.9 Å². The highest BCUT2D eigenvalue weighted by atomic mass is 79.9. The molecule has 3 heterocycles. The van der Waals surface area contributed by atoms with Crippen LogP contribution in [0.2, 0.25) is 0 Å². The van der Waals surface area contributed by atoms with E-state index in [4.69, 9.17) is 0 Å². The maximum atomic E-state index is 12.1. The van der Waals surface area contributed by atoms with Crippen molar-refractivity contribution < 1.29 is 9.90 Å². The smallest absolute Gasteiger partial charge is 0.258 e. The van der Waals surface area contributed by atoms with Gasteiger partial charge in [-0.3, -0.25) is 9.78 Å². The Hall–Kier alpha value is -1.31. The lowest BCUT2D eigenvalue weighted by Gasteiger charge is -2.21. The zero-order valence-electron chi connectivity index (χ0n) is 10.7. The van der Waals surface area contributed by atoms with Crippen LogP contribution in [-0.2, 0) is 10.4 Å². The molecule has 0 radical (unpaired) electrons. The van der Waals surface area contributed by atoms with Gasteiger partial charge >= 0.3 is 0 Å². The Balaban J connectivity index is 2.02. The van der Waals surface area contributed by atoms with Gasteiger partial charge in [-0.25, -0.2) is 4.98 Å². The van der Waals surface area contributed by atoms with E-state index in [0.29, 0.717) is 24.2 Å². The summed E-state index contributed by atoms with van der Waals surface area (Å²) in [7, 11) is 1.69. The van der Waals surface area contributed by atoms with E-state index >= 15 is 0 Å². The first kappa shape index (κ1) is 13.7. The fourth-order valence-electron chi connectivity index (χ4n) is 2.30. The Morgan fingerprint density at radius 1 is 1.55 bits per heavy atom. The molecule has 1 amide bonds. The number of nitrogens with zero attached hydrogens (tertiary/aromatic N) is 3. The molecule has 0 aliphatic carbocycles. The normalized spacial score (nSPS) is 22.6. The Labute approximate surface area is 128 Å². The van der Waals surface area contributed by atoms with Crippen LogP contribution in [0.5, 0.6) is 0 Å². The number of rotatable bonds is 2. The molecular formula is C13H12BrN3O2S. The van der Waals surface area contributed by atoms with E-state index in [1.165, 1.54) is 11.3 Å². The summed E-state index contributed by atoms with van der Waals surface area (Å²) >= 11 is 4.76. The Morgan fingerprint density at radius 3 is 2.95 bits per heavy atom. The summed E-state index contributed by atoms with van der Waals surface area (Å²) in [4.78, 5) is 22.2. The highest BCUT2D eigenvalue weighted by Gasteiger charge is 2.45. The predicted molar refractivity (Wildman–Crippen MR) is 79.2 cm³/mol. The largest absolute Gasteiger partial charge is 0.375 e. The molecule has 1 fully saturated rings. The van der Waals surface area contributed by atoms with Crippen molar-refractivity contribution in [1.29, 1.82) is 0 Å². The second-order valence-corrected chi connectivity index (χ2v) is 6.41. The predicted octanol–water partition coefficient (Wildman–Crippen LogP) is 2.02. The first-order valence-corrected chi connectivity index (χ1v) is 7.74. The van der Waals surface area contributed by atoms with E-state index in [9.17, 15) is 9.90 Å². The molecule has 1 aliphatic heterocycles. The molecule has 5 nitrogen and oxygen atoms in total. The summed E-state index contributed by atoms with van der Waals surface area (Å²) < 4.78 is 0.750. The van der Waals surface area contributed by atoms with Crippen LogP contribution >= 0.6 is 27.3 Å². The average Bonchev–Trinajstić information content (AvgIpc) is 3.00. The quantitative estimate of drug-likeness (QED) is 0.896. The lowest BCUT2D eigenvalue weighted by Crippen LogP contribution is -2.36. The second kappa shape index (κ2) is 4.91. The van der Waals surface area contributed by atoms with Crippen molar-refractivity contribution in [2.75, 3.05) is 13.6 Å². The number of amides is 1. The van der Waals surface area contributed by atoms with Gasteiger partial charge in [-0.05, 0) is 33.6 Å². The van der Waals surface area contributed by atoms with Gasteiger partial charge in [0.25, 0.3) is 5.91 Å². The molecule has 2 aromatic rings. The van der Waals surface area contributed by atoms with Gasteiger partial charge in [-0.15, -0.1) is 11.3 Å². The number of halogens is 1. The summed E-state index contributed by atoms with van der Waals surface area (Å²) in [5.41, 5.74) is -0.210. The summed E-state index contributed by atoms with van der Waals surface area (Å²) in [6.07, 6.45) is 2.00. The second-order valence-electron chi connectivity index (χ2n) is 4.74. The summed E-state index contributed by atoms with van der Waals surface area (Å²) in [5.74, 6) is -0.269. The van der Waals surface area contributed by atoms with Crippen LogP contribution in [0.25, 0.3) is 10.7 Å². The van der Waals surface area contributed by atoms with Crippen molar-refractivity contribution in [3.05, 3.63) is 33.9 Å². The highest BCUT2D eigenvalue weighted by molar-refractivity contribution is 9.10. The van der Waals surface area contributed by atoms with E-state index in [-0.39, 0.29) is 5.91 Å². The third-order valence-electron chi connectivity index (χ3n) is 3.44. The average molecular weight is 354 g/mol. The summed E-state index contributed by atoms with van der Waals surface area (Å²) in [6, 6.07) is 3.42. The maximum Gasteiger partial charge on any atom is 0.258 e. The molecular weight excluding hydrogens is 342 g/mol. The minimum atomic E-state index is -1.44. The molecule has 1 saturated heterocycles. The standard InChI is InChI=1S/C13H12BrN3O2S/c1-17-5-3-13(19,12(17)18)8-2-4-15-9(6-8)11-16-10(14)7-20-11/h2,4,6-7,19H,3,5H2,1H3/t13-/m1/s1. The van der Waals surface area contributed by atoms with Gasteiger partial charge in [-0.2, -0.15) is 0 Å². The molecule has 104 valence electrons. The van der Waals surface area contributed by atoms with Crippen molar-refractivity contribution in [3.8, 4) is 10.7 Å². The van der Waals surface area contributed by atoms with Gasteiger partial charge in [0.15, 0.2) is 5.60 Å². The molecule has 20 heavy (non-hydrogen) atoms. The number of likely N-dealkylation sites (tertiary alicyclic amines) is 1. The van der Waals surface area contributed by atoms with E-state index in [2.05, 4.69) is 25.9 Å². The number of pyridine rings is 1. The van der Waals surface area contributed by atoms with Crippen molar-refractivity contribution >= 4 is 33.2 Å². The lowest BCUT2D eigenvalue weighted by atomic mass is 9.92. The van der Waals surface area contributed by atoms with Crippen LogP contribution in [0.15, 0.2) is 28.3 Å². The van der Waals surface area contributed by atoms with Crippen molar-refractivity contribution in [2.45, 2.75) is 12.0 Å². The van der Waals surface area contributed by atoms with E-state index in [1.807, 2.05) is 5.38 Å². The first-order valence-electron chi connectivity index (χ1n) is 6.06. The van der Waals surface area contributed by atoms with Crippen LogP contribution in [-0.4, -0.2) is 39.5 Å². The summed E-state index contributed by atoms with van der Waals surface area (Å²) in [5, 5.41) is 13.3. The SMILES string of the molecule is CN1CC[C@@](O)(c2ccnc(-c3nc(Br)cs3)c2)C1=O. The summed E-state index contributed by atoms with van der Waals surface area (Å²) in [6.45, 7) is 0.551. The minimum Gasteiger partial charge on any atom is -0.375 e. The van der Waals surface area contributed by atoms with Crippen molar-refractivity contribution in [3.63, 3.8) is 0 Å². The first-order chi connectivity index (χ1) is 9.50. The van der Waals surface area contributed by atoms with Crippen LogP contribution in [0.3, 0.4) is 0 Å². The minimum absolute atomic E-state index is 0.269. The van der Waals surface area contributed by atoms with E-state index < -0.39 is 5.60 Å². The van der Waals surface area contributed by atoms with Gasteiger partial charge in [0, 0.05) is 31.6 Å². The van der Waals surface area contributed by atoms with E-state index in [0.717, 1.165) is 9.61 Å². The molecule has 1 atom stereocenters. The van der Waals surface area contributed by atoms with Crippen LogP contribution in [0.4, 0.5) is 0 Å². The van der Waals surface area contributed by atoms with Gasteiger partial charge < -0.3 is 10.0 Å². The lowest BCUT2D eigenvalue weighted by molar-refractivity contribution is -0.143. The number of carbonyl (C=O) groups excluding carboxylic acids is 1. The molecule has 0 bridgehead atoms. The van der Waals surface area contributed by atoms with Gasteiger partial charge in [0.1, 0.15) is 9.61 Å². The zero-order chi connectivity index (χ0) is 14.3. The number of hydrogen-bond donors (Lipinski definition) is 1. The highest BCUT2D eigenvalue weighted by Crippen LogP contribution is 2.34. The maximum absolute atomic E-state index is 12.1. The monoisotopic (exact) mass is 353 g/mol. The fraction of sp³-hybridized carbons (Fsp3) is 0.308.